The third-order valence-corrected chi connectivity index (χ3v) is 4.29. The van der Waals surface area contributed by atoms with Crippen molar-refractivity contribution in [2.45, 2.75) is 5.92 Å². The number of likely N-dealkylation sites (N-methyl/N-ethyl adjacent to an activating group) is 1. The third kappa shape index (κ3) is 1.62. The van der Waals surface area contributed by atoms with Gasteiger partial charge in [-0.25, -0.2) is 0 Å². The van der Waals surface area contributed by atoms with Gasteiger partial charge in [0.15, 0.2) is 0 Å². The van der Waals surface area contributed by atoms with E-state index >= 15 is 0 Å². The minimum absolute atomic E-state index is 0.0717. The Hall–Kier alpha value is -2.61. The van der Waals surface area contributed by atoms with Crippen molar-refractivity contribution in [3.8, 4) is 11.1 Å². The molecule has 1 radical (unpaired) electrons. The van der Waals surface area contributed by atoms with E-state index in [4.69, 9.17) is 0 Å². The SMILES string of the molecule is C[N]C(=O)C1c2ccccc2-c2ccc3ccccc3c21. The van der Waals surface area contributed by atoms with E-state index in [1.54, 1.807) is 7.05 Å². The number of fused-ring (bicyclic) bond motifs is 5. The van der Waals surface area contributed by atoms with Crippen LogP contribution in [0.2, 0.25) is 0 Å². The number of amides is 1. The summed E-state index contributed by atoms with van der Waals surface area (Å²) in [6.07, 6.45) is 0. The molecule has 101 valence electrons. The monoisotopic (exact) mass is 272 g/mol. The van der Waals surface area contributed by atoms with Gasteiger partial charge < -0.3 is 0 Å². The van der Waals surface area contributed by atoms with Crippen molar-refractivity contribution in [3.05, 3.63) is 71.8 Å². The molecule has 3 aromatic carbocycles. The highest BCUT2D eigenvalue weighted by molar-refractivity contribution is 6.04. The largest absolute Gasteiger partial charge is 0.272 e. The van der Waals surface area contributed by atoms with E-state index in [9.17, 15) is 4.79 Å². The maximum Gasteiger partial charge on any atom is 0.252 e. The molecule has 1 atom stereocenters. The van der Waals surface area contributed by atoms with Crippen LogP contribution < -0.4 is 5.32 Å². The predicted octanol–water partition coefficient (Wildman–Crippen LogP) is 3.71. The molecule has 0 spiro atoms. The lowest BCUT2D eigenvalue weighted by Gasteiger charge is -2.13. The van der Waals surface area contributed by atoms with Crippen molar-refractivity contribution >= 4 is 16.7 Å². The molecule has 1 aliphatic carbocycles. The van der Waals surface area contributed by atoms with E-state index in [1.165, 1.54) is 0 Å². The first-order valence-corrected chi connectivity index (χ1v) is 7.06. The van der Waals surface area contributed by atoms with Gasteiger partial charge in [-0.3, -0.25) is 10.1 Å². The summed E-state index contributed by atoms with van der Waals surface area (Å²) in [5, 5.41) is 6.25. The number of hydrogen-bond acceptors (Lipinski definition) is 1. The normalized spacial score (nSPS) is 15.6. The maximum atomic E-state index is 12.4. The first-order valence-electron chi connectivity index (χ1n) is 7.06. The Morgan fingerprint density at radius 1 is 0.905 bits per heavy atom. The summed E-state index contributed by atoms with van der Waals surface area (Å²) in [5.74, 6) is -0.343. The van der Waals surface area contributed by atoms with Crippen LogP contribution >= 0.6 is 0 Å². The fraction of sp³-hybridized carbons (Fsp3) is 0.105. The lowest BCUT2D eigenvalue weighted by molar-refractivity contribution is -0.121. The van der Waals surface area contributed by atoms with Crippen molar-refractivity contribution in [1.29, 1.82) is 0 Å². The lowest BCUT2D eigenvalue weighted by atomic mass is 9.92. The van der Waals surface area contributed by atoms with Crippen molar-refractivity contribution in [2.75, 3.05) is 7.05 Å². The quantitative estimate of drug-likeness (QED) is 0.664. The van der Waals surface area contributed by atoms with Gasteiger partial charge in [0, 0.05) is 7.05 Å². The molecule has 0 N–H and O–H groups in total. The van der Waals surface area contributed by atoms with Gasteiger partial charge in [0.2, 0.25) is 0 Å². The molecule has 0 saturated heterocycles. The molecule has 0 aromatic heterocycles. The zero-order chi connectivity index (χ0) is 14.4. The van der Waals surface area contributed by atoms with Gasteiger partial charge in [0.25, 0.3) is 5.91 Å². The average molecular weight is 272 g/mol. The minimum atomic E-state index is -0.271. The zero-order valence-corrected chi connectivity index (χ0v) is 11.7. The smallest absolute Gasteiger partial charge is 0.252 e. The van der Waals surface area contributed by atoms with Crippen molar-refractivity contribution in [3.63, 3.8) is 0 Å². The molecule has 2 nitrogen and oxygen atoms in total. The summed E-state index contributed by atoms with van der Waals surface area (Å²) in [5.41, 5.74) is 4.48. The van der Waals surface area contributed by atoms with Crippen LogP contribution in [0.15, 0.2) is 60.7 Å². The molecule has 0 heterocycles. The number of nitrogens with zero attached hydrogens (tertiary/aromatic N) is 1. The molecule has 0 aliphatic heterocycles. The summed E-state index contributed by atoms with van der Waals surface area (Å²) in [6.45, 7) is 0. The highest BCUT2D eigenvalue weighted by atomic mass is 16.1. The van der Waals surface area contributed by atoms with Gasteiger partial charge in [-0.1, -0.05) is 60.7 Å². The van der Waals surface area contributed by atoms with Gasteiger partial charge in [0.05, 0.1) is 5.92 Å². The first kappa shape index (κ1) is 12.2. The summed E-state index contributed by atoms with van der Waals surface area (Å²) >= 11 is 0. The van der Waals surface area contributed by atoms with Crippen LogP contribution in [0, 0.1) is 0 Å². The van der Waals surface area contributed by atoms with Crippen LogP contribution in [0.25, 0.3) is 21.9 Å². The van der Waals surface area contributed by atoms with Crippen molar-refractivity contribution in [1.82, 2.24) is 5.32 Å². The molecule has 21 heavy (non-hydrogen) atoms. The summed E-state index contributed by atoms with van der Waals surface area (Å²) < 4.78 is 0. The lowest BCUT2D eigenvalue weighted by Crippen LogP contribution is -2.20. The van der Waals surface area contributed by atoms with Gasteiger partial charge in [-0.2, -0.15) is 0 Å². The number of hydrogen-bond donors (Lipinski definition) is 0. The van der Waals surface area contributed by atoms with E-state index in [-0.39, 0.29) is 11.8 Å². The van der Waals surface area contributed by atoms with Gasteiger partial charge >= 0.3 is 0 Å². The second-order valence-corrected chi connectivity index (χ2v) is 5.33. The molecule has 1 unspecified atom stereocenters. The van der Waals surface area contributed by atoms with E-state index < -0.39 is 0 Å². The Labute approximate surface area is 123 Å². The first-order chi connectivity index (χ1) is 10.3. The molecule has 3 aromatic rings. The van der Waals surface area contributed by atoms with E-state index in [0.717, 1.165) is 33.0 Å². The number of rotatable bonds is 1. The molecule has 1 amide bonds. The molecule has 4 rings (SSSR count). The Bertz CT molecular complexity index is 866. The molecule has 2 heteroatoms. The molecule has 1 aliphatic rings. The van der Waals surface area contributed by atoms with Crippen LogP contribution in [0.3, 0.4) is 0 Å². The predicted molar refractivity (Wildman–Crippen MR) is 84.3 cm³/mol. The summed E-state index contributed by atoms with van der Waals surface area (Å²) in [4.78, 5) is 12.4. The van der Waals surface area contributed by atoms with Gasteiger partial charge in [-0.15, -0.1) is 0 Å². The summed E-state index contributed by atoms with van der Waals surface area (Å²) in [7, 11) is 1.58. The molecule has 0 saturated carbocycles. The van der Waals surface area contributed by atoms with Crippen molar-refractivity contribution in [2.24, 2.45) is 0 Å². The van der Waals surface area contributed by atoms with Gasteiger partial charge in [0.1, 0.15) is 0 Å². The molecule has 0 fully saturated rings. The molecular weight excluding hydrogens is 258 g/mol. The highest BCUT2D eigenvalue weighted by Crippen LogP contribution is 2.47. The Kier molecular flexibility index (Phi) is 2.58. The molecular formula is C19H14NO. The Morgan fingerprint density at radius 2 is 1.67 bits per heavy atom. The third-order valence-electron chi connectivity index (χ3n) is 4.29. The van der Waals surface area contributed by atoms with Crippen LogP contribution in [0.4, 0.5) is 0 Å². The van der Waals surface area contributed by atoms with Crippen molar-refractivity contribution < 1.29 is 4.79 Å². The standard InChI is InChI=1S/C19H14NO/c1-20-19(21)18-15-9-5-4-8-14(15)16-11-10-12-6-2-3-7-13(12)17(16)18/h2-11,18H,1H3. The fourth-order valence-electron chi connectivity index (χ4n) is 3.38. The molecule has 0 bridgehead atoms. The zero-order valence-electron chi connectivity index (χ0n) is 11.7. The fourth-order valence-corrected chi connectivity index (χ4v) is 3.38. The summed E-state index contributed by atoms with van der Waals surface area (Å²) in [6, 6.07) is 20.6. The van der Waals surface area contributed by atoms with E-state index in [2.05, 4.69) is 35.6 Å². The topological polar surface area (TPSA) is 31.2 Å². The van der Waals surface area contributed by atoms with Crippen LogP contribution in [-0.4, -0.2) is 13.0 Å². The number of carbonyl (C=O) groups excluding carboxylic acids is 1. The van der Waals surface area contributed by atoms with Crippen LogP contribution in [0.1, 0.15) is 17.0 Å². The highest BCUT2D eigenvalue weighted by Gasteiger charge is 2.34. The van der Waals surface area contributed by atoms with Gasteiger partial charge in [-0.05, 0) is 33.0 Å². The minimum Gasteiger partial charge on any atom is -0.272 e. The maximum absolute atomic E-state index is 12.4. The van der Waals surface area contributed by atoms with E-state index in [0.29, 0.717) is 0 Å². The Morgan fingerprint density at radius 3 is 2.52 bits per heavy atom. The number of carbonyl (C=O) groups is 1. The van der Waals surface area contributed by atoms with Crippen LogP contribution in [0.5, 0.6) is 0 Å². The van der Waals surface area contributed by atoms with Crippen LogP contribution in [-0.2, 0) is 4.79 Å². The Balaban J connectivity index is 2.11. The second-order valence-electron chi connectivity index (χ2n) is 5.33. The second kappa shape index (κ2) is 4.45. The average Bonchev–Trinajstić information content (AvgIpc) is 2.89. The number of benzene rings is 3. The van der Waals surface area contributed by atoms with E-state index in [1.807, 2.05) is 30.3 Å².